The van der Waals surface area contributed by atoms with Gasteiger partial charge in [0.1, 0.15) is 43.2 Å². The molecule has 3 heterocycles. The Hall–Kier alpha value is -13.2. The van der Waals surface area contributed by atoms with Crippen molar-refractivity contribution in [2.24, 2.45) is 11.7 Å². The van der Waals surface area contributed by atoms with Gasteiger partial charge < -0.3 is 69.7 Å². The van der Waals surface area contributed by atoms with Crippen LogP contribution in [0.3, 0.4) is 0 Å². The van der Waals surface area contributed by atoms with Gasteiger partial charge >= 0.3 is 32.6 Å². The Morgan fingerprint density at radius 1 is 0.634 bits per heavy atom. The summed E-state index contributed by atoms with van der Waals surface area (Å²) in [4.78, 5) is 129. The number of hydroxylamine groups is 4. The SMILES string of the molecule is C=C/C=C/C(=O)NC.C=C/C=C/C(=O)NC.C=CC(=O)NC.CN.CNC(=O)/C=[N+](\C)O.CNC(=O)/C=[N+](\C)[O-].CNC(=O)C1C=C(C#N)ON1C.CNC(=O)C1C=CCC(C#N)=C1.CSC1CC(=O)N(c2cccc(OS(=O)(=O)O/C=C/C#N)c2)C1=O.CSC1CC(=O)N(c2cccc(OS(=O)(=O)O/C=C/C#N)c2)C1=O. The number of imide groups is 2. The Bertz CT molecular complexity index is 4060. The normalized spacial score (nSPS) is 15.7. The van der Waals surface area contributed by atoms with Crippen LogP contribution in [0.4, 0.5) is 11.4 Å². The summed E-state index contributed by atoms with van der Waals surface area (Å²) in [5.74, 6) is -3.16. The molecule has 2 aromatic carbocycles. The lowest BCUT2D eigenvalue weighted by Crippen LogP contribution is -2.39. The summed E-state index contributed by atoms with van der Waals surface area (Å²) >= 11 is 2.55. The fourth-order valence-corrected chi connectivity index (χ4v) is 9.44. The van der Waals surface area contributed by atoms with Crippen LogP contribution in [-0.4, -0.2) is 221 Å². The molecular weight excluding hydrogens is 1550 g/mol. The van der Waals surface area contributed by atoms with E-state index in [0.717, 1.165) is 34.4 Å². The van der Waals surface area contributed by atoms with Crippen LogP contribution in [-0.2, 0) is 86.7 Å². The van der Waals surface area contributed by atoms with E-state index in [-0.39, 0.29) is 112 Å². The molecular formula is C69H90N17O22S4+. The van der Waals surface area contributed by atoms with E-state index in [0.29, 0.717) is 34.0 Å². The molecule has 0 bridgehead atoms. The Balaban J connectivity index is -0.000000612. The first-order chi connectivity index (χ1) is 53.0. The second-order valence-electron chi connectivity index (χ2n) is 19.8. The highest BCUT2D eigenvalue weighted by Crippen LogP contribution is 2.32. The van der Waals surface area contributed by atoms with Crippen LogP contribution in [0.25, 0.3) is 0 Å². The number of hydrogen-bond acceptors (Lipinski definition) is 30. The molecule has 4 atom stereocenters. The maximum absolute atomic E-state index is 12.2. The van der Waals surface area contributed by atoms with Crippen molar-refractivity contribution in [3.05, 3.63) is 176 Å². The average molecular weight is 1640 g/mol. The van der Waals surface area contributed by atoms with E-state index in [1.165, 1.54) is 144 Å². The van der Waals surface area contributed by atoms with Crippen LogP contribution in [0.1, 0.15) is 19.3 Å². The Labute approximate surface area is 658 Å². The van der Waals surface area contributed by atoms with Gasteiger partial charge in [-0.2, -0.15) is 44.6 Å². The number of anilines is 2. The molecule has 3 aliphatic heterocycles. The minimum absolute atomic E-state index is 0.0706. The molecule has 112 heavy (non-hydrogen) atoms. The van der Waals surface area contributed by atoms with Crippen LogP contribution >= 0.6 is 23.5 Å². The fraction of sp³-hybridized carbons (Fsp3) is 0.290. The van der Waals surface area contributed by atoms with Gasteiger partial charge in [0, 0.05) is 112 Å². The molecule has 10 N–H and O–H groups in total. The molecule has 6 rings (SSSR count). The minimum atomic E-state index is -4.42. The van der Waals surface area contributed by atoms with Gasteiger partial charge in [0.05, 0.1) is 58.2 Å². The Morgan fingerprint density at radius 2 is 1.04 bits per heavy atom. The maximum atomic E-state index is 12.2. The summed E-state index contributed by atoms with van der Waals surface area (Å²) in [5.41, 5.74) is 5.58. The molecule has 2 saturated heterocycles. The summed E-state index contributed by atoms with van der Waals surface area (Å²) in [5, 5.41) is 69.2. The average Bonchev–Trinajstić information content (AvgIpc) is 1.66. The van der Waals surface area contributed by atoms with Crippen LogP contribution in [0.5, 0.6) is 11.5 Å². The number of nitrogens with zero attached hydrogens (tertiary/aromatic N) is 9. The molecule has 0 saturated carbocycles. The third-order valence-electron chi connectivity index (χ3n) is 12.1. The zero-order chi connectivity index (χ0) is 86.5. The van der Waals surface area contributed by atoms with E-state index >= 15 is 0 Å². The second kappa shape index (κ2) is 60.8. The number of thioether (sulfide) groups is 2. The van der Waals surface area contributed by atoms with Gasteiger partial charge in [-0.05, 0) is 54.6 Å². The highest BCUT2D eigenvalue weighted by Gasteiger charge is 2.40. The lowest BCUT2D eigenvalue weighted by Gasteiger charge is -2.15. The number of benzene rings is 2. The molecule has 11 amide bonds. The zero-order valence-corrected chi connectivity index (χ0v) is 66.5. The first-order valence-electron chi connectivity index (χ1n) is 31.4. The molecule has 4 unspecified atom stereocenters. The number of rotatable bonds is 21. The molecule has 1 aliphatic carbocycles. The van der Waals surface area contributed by atoms with Crippen molar-refractivity contribution in [3.8, 4) is 35.8 Å². The van der Waals surface area contributed by atoms with Gasteiger partial charge in [0.15, 0.2) is 7.05 Å². The van der Waals surface area contributed by atoms with Gasteiger partial charge in [0.25, 0.3) is 6.21 Å². The monoisotopic (exact) mass is 1640 g/mol. The van der Waals surface area contributed by atoms with Crippen LogP contribution in [0, 0.1) is 56.4 Å². The number of carbonyl (C=O) groups excluding carboxylic acids is 11. The lowest BCUT2D eigenvalue weighted by molar-refractivity contribution is -0.750. The van der Waals surface area contributed by atoms with Crippen LogP contribution in [0.2, 0.25) is 0 Å². The van der Waals surface area contributed by atoms with Gasteiger partial charge in [-0.3, -0.25) is 57.9 Å². The molecule has 0 aromatic heterocycles. The van der Waals surface area contributed by atoms with E-state index < -0.39 is 37.3 Å². The molecule has 2 fully saturated rings. The molecule has 606 valence electrons. The molecule has 39 nitrogen and oxygen atoms in total. The first-order valence-corrected chi connectivity index (χ1v) is 36.7. The number of hydrogen-bond donors (Lipinski definition) is 9. The highest BCUT2D eigenvalue weighted by atomic mass is 32.3. The van der Waals surface area contributed by atoms with Crippen molar-refractivity contribution < 1.29 is 106 Å². The largest absolute Gasteiger partial charge is 0.624 e. The summed E-state index contributed by atoms with van der Waals surface area (Å²) in [6.07, 6.45) is 26.3. The van der Waals surface area contributed by atoms with E-state index in [4.69, 9.17) is 39.5 Å². The predicted molar refractivity (Wildman–Crippen MR) is 417 cm³/mol. The lowest BCUT2D eigenvalue weighted by atomic mass is 9.97. The number of likely N-dealkylation sites (N-methyl/N-ethyl adjacent to an activating group) is 5. The summed E-state index contributed by atoms with van der Waals surface area (Å²) < 4.78 is 65.5. The van der Waals surface area contributed by atoms with E-state index in [1.807, 2.05) is 18.2 Å². The quantitative estimate of drug-likeness (QED) is 0.00722. The third-order valence-corrected chi connectivity index (χ3v) is 15.4. The van der Waals surface area contributed by atoms with Crippen molar-refractivity contribution in [3.63, 3.8) is 0 Å². The third kappa shape index (κ3) is 46.1. The summed E-state index contributed by atoms with van der Waals surface area (Å²) in [7, 11) is 7.65. The topological polar surface area (TPSA) is 567 Å². The van der Waals surface area contributed by atoms with Crippen LogP contribution in [0.15, 0.2) is 171 Å². The number of allylic oxidation sites excluding steroid dienone is 9. The summed E-state index contributed by atoms with van der Waals surface area (Å²) in [6.45, 7) is 10.0. The van der Waals surface area contributed by atoms with Crippen LogP contribution < -0.4 is 61.1 Å². The number of nitrogens with one attached hydrogen (secondary N) is 7. The van der Waals surface area contributed by atoms with Gasteiger partial charge in [-0.1, -0.05) is 74.4 Å². The molecule has 0 spiro atoms. The Kier molecular flexibility index (Phi) is 57.1. The molecule has 2 aromatic rings. The Morgan fingerprint density at radius 3 is 1.33 bits per heavy atom. The maximum Gasteiger partial charge on any atom is 0.500 e. The standard InChI is InChI=1S/2C14H12N2O6S2.C9H10N2O.C7H9N3O2.2C6H9NO.2C4H8N2O2.C4H7NO.CH5N/c2*1-23-12-9-13(17)16(14(12)18)10-4-2-5-11(8-10)22-24(19,20)21-7-3-6-15;1-11-9(12)8-4-2-3-7(5-8)6-10;1-9-7(11)6-3-5(4-8)12-10(6)2;2*1-3-4-5-6(8)7-2;2*1-5-4(7)3-6(2)8;1-3-4(6)5-2;1-2/h2*2-5,7-8,12H,9H2,1H3;2,4-5,8H,3H2,1H3,(H,11,12);3,6H,1-2H3,(H,9,11);2*3-5H,1H2,2H3,(H,7,8);3H,1-2H3,(H-,5,7,8);3H,1-2H3,(H,5,7);3H,1H2,2H3,(H,5,6);2H2,1H3/p+1/b2*7-3+;;;2*5-4+;;6-3+;;. The van der Waals surface area contributed by atoms with Gasteiger partial charge in [0.2, 0.25) is 65.1 Å². The van der Waals surface area contributed by atoms with Gasteiger partial charge in [-0.25, -0.2) is 14.5 Å². The predicted octanol–water partition coefficient (Wildman–Crippen LogP) is 1.08. The van der Waals surface area contributed by atoms with Crippen molar-refractivity contribution in [1.29, 1.82) is 21.0 Å². The van der Waals surface area contributed by atoms with Crippen molar-refractivity contribution in [2.45, 2.75) is 35.8 Å². The zero-order valence-electron chi connectivity index (χ0n) is 63.2. The number of carbonyl (C=O) groups is 11. The van der Waals surface area contributed by atoms with Crippen molar-refractivity contribution in [1.82, 2.24) is 42.3 Å². The second-order valence-corrected chi connectivity index (χ2v) is 24.2. The van der Waals surface area contributed by atoms with E-state index in [9.17, 15) is 74.8 Å². The number of amides is 11. The van der Waals surface area contributed by atoms with Gasteiger partial charge in [-0.15, -0.1) is 21.9 Å². The molecule has 43 heteroatoms. The van der Waals surface area contributed by atoms with Crippen molar-refractivity contribution >= 4 is 133 Å². The van der Waals surface area contributed by atoms with E-state index in [2.05, 4.69) is 71.1 Å². The molecule has 0 radical (unpaired) electrons. The highest BCUT2D eigenvalue weighted by molar-refractivity contribution is 8.00. The fourth-order valence-electron chi connectivity index (χ4n) is 7.07. The van der Waals surface area contributed by atoms with Crippen molar-refractivity contribution in [2.75, 3.05) is 99.8 Å². The first kappa shape index (κ1) is 105. The molecule has 4 aliphatic rings. The summed E-state index contributed by atoms with van der Waals surface area (Å²) in [6, 6.07) is 17.5. The smallest absolute Gasteiger partial charge is 0.500 e. The number of nitriles is 4. The van der Waals surface area contributed by atoms with E-state index in [1.54, 1.807) is 96.3 Å². The number of nitrogens with two attached hydrogens (primary N) is 1. The minimum Gasteiger partial charge on any atom is -0.624 e.